The lowest BCUT2D eigenvalue weighted by molar-refractivity contribution is 0.413. The number of sulfonamides is 1. The van der Waals surface area contributed by atoms with E-state index in [1.165, 1.54) is 19.4 Å². The second-order valence-corrected chi connectivity index (χ2v) is 12.4. The summed E-state index contributed by atoms with van der Waals surface area (Å²) in [4.78, 5) is 5.18. The van der Waals surface area contributed by atoms with Crippen molar-refractivity contribution in [2.24, 2.45) is 7.05 Å². The first kappa shape index (κ1) is 27.9. The molecule has 194 valence electrons. The fourth-order valence-electron chi connectivity index (χ4n) is 3.13. The predicted octanol–water partition coefficient (Wildman–Crippen LogP) is 4.38. The molecule has 3 heterocycles. The zero-order valence-corrected chi connectivity index (χ0v) is 22.8. The molecule has 0 radical (unpaired) electrons. The van der Waals surface area contributed by atoms with Crippen LogP contribution in [0, 0.1) is 25.2 Å². The number of aromatic nitrogens is 2. The minimum absolute atomic E-state index is 0.0862. The van der Waals surface area contributed by atoms with Crippen molar-refractivity contribution >= 4 is 37.2 Å². The Morgan fingerprint density at radius 2 is 1.84 bits per heavy atom. The van der Waals surface area contributed by atoms with Gasteiger partial charge < -0.3 is 9.30 Å². The van der Waals surface area contributed by atoms with Crippen LogP contribution in [0.4, 0.5) is 5.69 Å². The Kier molecular flexibility index (Phi) is 8.39. The van der Waals surface area contributed by atoms with Crippen LogP contribution in [0.2, 0.25) is 0 Å². The van der Waals surface area contributed by atoms with E-state index in [4.69, 9.17) is 14.6 Å². The molecule has 4 aromatic rings. The van der Waals surface area contributed by atoms with E-state index >= 15 is 0 Å². The highest BCUT2D eigenvalue weighted by molar-refractivity contribution is 7.92. The molecular weight excluding hydrogens is 536 g/mol. The first-order valence-electron chi connectivity index (χ1n) is 10.6. The first-order valence-corrected chi connectivity index (χ1v) is 14.3. The van der Waals surface area contributed by atoms with Gasteiger partial charge in [-0.05, 0) is 43.7 Å². The van der Waals surface area contributed by atoms with Crippen LogP contribution in [0.3, 0.4) is 0 Å². The van der Waals surface area contributed by atoms with E-state index in [2.05, 4.69) is 9.71 Å². The molecule has 0 fully saturated rings. The summed E-state index contributed by atoms with van der Waals surface area (Å²) in [5, 5.41) is 8.85. The molecule has 0 amide bonds. The molecule has 0 spiro atoms. The topological polar surface area (TPSA) is 151 Å². The molecule has 0 aliphatic rings. The number of pyridine rings is 1. The maximum atomic E-state index is 12.5. The molecule has 4 rings (SSSR count). The lowest BCUT2D eigenvalue weighted by Crippen LogP contribution is -2.13. The number of rotatable bonds is 6. The Morgan fingerprint density at radius 1 is 1.11 bits per heavy atom. The summed E-state index contributed by atoms with van der Waals surface area (Å²) >= 11 is 0.983. The van der Waals surface area contributed by atoms with Crippen LogP contribution >= 0.6 is 11.3 Å². The average molecular weight is 561 g/mol. The maximum absolute atomic E-state index is 12.5. The molecule has 37 heavy (non-hydrogen) atoms. The molecule has 0 atom stereocenters. The van der Waals surface area contributed by atoms with Crippen LogP contribution in [0.25, 0.3) is 11.3 Å². The van der Waals surface area contributed by atoms with E-state index in [0.29, 0.717) is 22.7 Å². The number of nitrogens with one attached hydrogen (secondary N) is 1. The van der Waals surface area contributed by atoms with E-state index in [0.717, 1.165) is 27.3 Å². The number of nitrogens with zero attached hydrogens (tertiary/aromatic N) is 3. The third-order valence-electron chi connectivity index (χ3n) is 5.11. The lowest BCUT2D eigenvalue weighted by Gasteiger charge is -2.11. The van der Waals surface area contributed by atoms with Gasteiger partial charge in [-0.1, -0.05) is 12.1 Å². The summed E-state index contributed by atoms with van der Waals surface area (Å²) in [5.74, 6) is 0.479. The Morgan fingerprint density at radius 3 is 2.32 bits per heavy atom. The van der Waals surface area contributed by atoms with Gasteiger partial charge in [0.25, 0.3) is 10.0 Å². The number of methoxy groups -OCH3 is 1. The SMILES string of the molecule is COc1cc(S(=O)(=O)O)sc1C.Cc1ccc(-c2ccc(C#N)cn2)cc1NS(=O)(=O)c1ccn(C)c1. The van der Waals surface area contributed by atoms with Gasteiger partial charge in [-0.2, -0.15) is 13.7 Å². The van der Waals surface area contributed by atoms with Gasteiger partial charge in [0.05, 0.1) is 24.1 Å². The van der Waals surface area contributed by atoms with E-state index in [9.17, 15) is 16.8 Å². The highest BCUT2D eigenvalue weighted by Gasteiger charge is 2.17. The second kappa shape index (κ2) is 11.1. The highest BCUT2D eigenvalue weighted by atomic mass is 32.3. The van der Waals surface area contributed by atoms with Crippen LogP contribution in [0.5, 0.6) is 5.75 Å². The molecule has 2 N–H and O–H groups in total. The normalized spacial score (nSPS) is 11.2. The molecular formula is C24H24N4O6S3. The highest BCUT2D eigenvalue weighted by Crippen LogP contribution is 2.31. The largest absolute Gasteiger partial charge is 0.496 e. The van der Waals surface area contributed by atoms with Crippen molar-refractivity contribution in [1.29, 1.82) is 5.26 Å². The monoisotopic (exact) mass is 560 g/mol. The van der Waals surface area contributed by atoms with E-state index in [1.807, 2.05) is 25.1 Å². The average Bonchev–Trinajstić information content (AvgIpc) is 3.46. The number of hydrogen-bond acceptors (Lipinski definition) is 8. The second-order valence-electron chi connectivity index (χ2n) is 7.86. The predicted molar refractivity (Wildman–Crippen MR) is 141 cm³/mol. The van der Waals surface area contributed by atoms with Crippen LogP contribution in [-0.4, -0.2) is 38.0 Å². The smallest absolute Gasteiger partial charge is 0.304 e. The van der Waals surface area contributed by atoms with Crippen molar-refractivity contribution in [3.8, 4) is 23.1 Å². The molecule has 3 aromatic heterocycles. The van der Waals surface area contributed by atoms with Crippen molar-refractivity contribution in [2.45, 2.75) is 23.0 Å². The van der Waals surface area contributed by atoms with Gasteiger partial charge in [0, 0.05) is 42.1 Å². The summed E-state index contributed by atoms with van der Waals surface area (Å²) in [6, 6.07) is 13.7. The lowest BCUT2D eigenvalue weighted by atomic mass is 10.1. The molecule has 0 saturated carbocycles. The van der Waals surface area contributed by atoms with Crippen LogP contribution in [-0.2, 0) is 27.2 Å². The quantitative estimate of drug-likeness (QED) is 0.330. The summed E-state index contributed by atoms with van der Waals surface area (Å²) in [6.45, 7) is 3.55. The van der Waals surface area contributed by atoms with Gasteiger partial charge in [0.1, 0.15) is 16.7 Å². The van der Waals surface area contributed by atoms with Crippen LogP contribution in [0.1, 0.15) is 16.0 Å². The maximum Gasteiger partial charge on any atom is 0.304 e. The van der Waals surface area contributed by atoms with Gasteiger partial charge in [-0.25, -0.2) is 8.42 Å². The third-order valence-corrected chi connectivity index (χ3v) is 8.79. The van der Waals surface area contributed by atoms with Crippen molar-refractivity contribution in [1.82, 2.24) is 9.55 Å². The van der Waals surface area contributed by atoms with Crippen LogP contribution < -0.4 is 9.46 Å². The number of ether oxygens (including phenoxy) is 1. The zero-order valence-electron chi connectivity index (χ0n) is 20.3. The fraction of sp³-hybridized carbons (Fsp3) is 0.167. The number of hydrogen-bond donors (Lipinski definition) is 2. The van der Waals surface area contributed by atoms with E-state index < -0.39 is 20.1 Å². The minimum Gasteiger partial charge on any atom is -0.496 e. The summed E-state index contributed by atoms with van der Waals surface area (Å²) in [5.41, 5.74) is 3.20. The molecule has 1 aromatic carbocycles. The molecule has 0 aliphatic heterocycles. The Labute approximate surface area is 219 Å². The molecule has 10 nitrogen and oxygen atoms in total. The van der Waals surface area contributed by atoms with Gasteiger partial charge >= 0.3 is 10.1 Å². The van der Waals surface area contributed by atoms with Gasteiger partial charge in [-0.15, -0.1) is 11.3 Å². The number of thiophene rings is 1. The summed E-state index contributed by atoms with van der Waals surface area (Å²) in [6.07, 6.45) is 4.71. The standard InChI is InChI=1S/C18H16N4O2S.C6H8O4S2/c1-13-3-5-15(17-6-4-14(10-19)11-20-17)9-18(13)21-25(23,24)16-7-8-22(2)12-16;1-4-5(10-2)3-6(11-4)12(7,8)9/h3-9,11-12,21H,1-2H3;3H,1-2H3,(H,7,8,9). The molecule has 0 unspecified atom stereocenters. The van der Waals surface area contributed by atoms with E-state index in [-0.39, 0.29) is 9.10 Å². The number of aryl methyl sites for hydroxylation is 3. The van der Waals surface area contributed by atoms with Crippen molar-refractivity contribution in [3.05, 3.63) is 77.1 Å². The number of benzene rings is 1. The van der Waals surface area contributed by atoms with Crippen molar-refractivity contribution in [3.63, 3.8) is 0 Å². The van der Waals surface area contributed by atoms with Crippen LogP contribution in [0.15, 0.2) is 70.2 Å². The van der Waals surface area contributed by atoms with Gasteiger partial charge in [0.2, 0.25) is 0 Å². The summed E-state index contributed by atoms with van der Waals surface area (Å²) in [7, 11) is -4.52. The Hall–Kier alpha value is -3.70. The van der Waals surface area contributed by atoms with Crippen molar-refractivity contribution in [2.75, 3.05) is 11.8 Å². The number of anilines is 1. The number of nitriles is 1. The van der Waals surface area contributed by atoms with E-state index in [1.54, 1.807) is 55.2 Å². The molecule has 0 aliphatic carbocycles. The minimum atomic E-state index is -4.08. The first-order chi connectivity index (χ1) is 17.3. The Balaban J connectivity index is 0.000000266. The molecule has 0 bridgehead atoms. The van der Waals surface area contributed by atoms with Crippen molar-refractivity contribution < 1.29 is 26.1 Å². The van der Waals surface area contributed by atoms with Gasteiger partial charge in [0.15, 0.2) is 4.21 Å². The molecule has 0 saturated heterocycles. The van der Waals surface area contributed by atoms with Gasteiger partial charge in [-0.3, -0.25) is 14.3 Å². The Bertz CT molecular complexity index is 1670. The zero-order chi connectivity index (χ0) is 27.4. The summed E-state index contributed by atoms with van der Waals surface area (Å²) < 4.78 is 64.0. The fourth-order valence-corrected chi connectivity index (χ4v) is 6.07. The molecule has 13 heteroatoms. The third kappa shape index (κ3) is 6.95.